The molecule has 1 aromatic heterocycles. The average molecular weight is 546 g/mol. The number of unbranched alkanes of at least 4 members (excludes halogenated alkanes) is 3. The average Bonchev–Trinajstić information content (AvgIpc) is 3.23. The van der Waals surface area contributed by atoms with E-state index >= 15 is 0 Å². The molecule has 0 unspecified atom stereocenters. The number of rotatable bonds is 13. The van der Waals surface area contributed by atoms with Gasteiger partial charge in [0.25, 0.3) is 0 Å². The van der Waals surface area contributed by atoms with Crippen molar-refractivity contribution < 1.29 is 4.74 Å². The Morgan fingerprint density at radius 1 is 0.938 bits per heavy atom. The van der Waals surface area contributed by atoms with Crippen LogP contribution in [-0.2, 0) is 11.3 Å². The first-order chi connectivity index (χ1) is 15.6. The molecule has 2 aromatic rings. The molecule has 5 heteroatoms. The molecule has 0 bridgehead atoms. The molecule has 0 N–H and O–H groups in total. The van der Waals surface area contributed by atoms with E-state index in [1.807, 2.05) is 0 Å². The van der Waals surface area contributed by atoms with Crippen molar-refractivity contribution in [1.29, 1.82) is 0 Å². The van der Waals surface area contributed by atoms with Crippen LogP contribution in [0.3, 0.4) is 0 Å². The summed E-state index contributed by atoms with van der Waals surface area (Å²) in [5.41, 5.74) is 4.10. The number of ether oxygens (including phenoxy) is 1. The summed E-state index contributed by atoms with van der Waals surface area (Å²) in [5, 5.41) is 10.0. The molecule has 0 saturated carbocycles. The van der Waals surface area contributed by atoms with Gasteiger partial charge in [-0.05, 0) is 0 Å². The van der Waals surface area contributed by atoms with Crippen molar-refractivity contribution in [3.05, 3.63) is 29.8 Å². The van der Waals surface area contributed by atoms with Crippen LogP contribution in [0.25, 0.3) is 11.3 Å². The van der Waals surface area contributed by atoms with Gasteiger partial charge in [-0.15, -0.1) is 0 Å². The van der Waals surface area contributed by atoms with Gasteiger partial charge in [-0.2, -0.15) is 0 Å². The summed E-state index contributed by atoms with van der Waals surface area (Å²) < 4.78 is 13.7. The third-order valence-electron chi connectivity index (χ3n) is 7.44. The number of aryl methyl sites for hydroxylation is 1. The fourth-order valence-electron chi connectivity index (χ4n) is 5.35. The van der Waals surface area contributed by atoms with E-state index in [2.05, 4.69) is 56.6 Å². The monoisotopic (exact) mass is 547 g/mol. The van der Waals surface area contributed by atoms with Crippen LogP contribution < -0.4 is 3.71 Å². The second kappa shape index (κ2) is 13.1. The van der Waals surface area contributed by atoms with Crippen molar-refractivity contribution in [3.63, 3.8) is 0 Å². The van der Waals surface area contributed by atoms with Gasteiger partial charge in [0.2, 0.25) is 0 Å². The standard InChI is InChI=1S/C15H18N3O.3C4H9.Sn/c1-12-4-2-3-5-14(12)15-10-16-17-18(15)11-13-6-8-19-9-7-13;3*1-3-4-2;/h2-5,13H,6-9,11H2,1H3;3*1,3-4H2,2H3;. The van der Waals surface area contributed by atoms with E-state index in [1.165, 1.54) is 72.4 Å². The summed E-state index contributed by atoms with van der Waals surface area (Å²) in [6.07, 6.45) is 10.2. The Bertz CT molecular complexity index is 791. The van der Waals surface area contributed by atoms with Gasteiger partial charge in [0.15, 0.2) is 0 Å². The van der Waals surface area contributed by atoms with Crippen molar-refractivity contribution in [3.8, 4) is 11.3 Å². The molecular formula is C27H45N3OSn. The summed E-state index contributed by atoms with van der Waals surface area (Å²) in [5.74, 6) is 0.646. The van der Waals surface area contributed by atoms with E-state index in [1.54, 1.807) is 0 Å². The summed E-state index contributed by atoms with van der Waals surface area (Å²) in [4.78, 5) is 0. The fourth-order valence-corrected chi connectivity index (χ4v) is 21.3. The first-order valence-electron chi connectivity index (χ1n) is 13.2. The number of hydrogen-bond acceptors (Lipinski definition) is 3. The van der Waals surface area contributed by atoms with Crippen LogP contribution in [-0.4, -0.2) is 46.6 Å². The second-order valence-corrected chi connectivity index (χ2v) is 22.9. The third kappa shape index (κ3) is 6.37. The topological polar surface area (TPSA) is 39.9 Å². The van der Waals surface area contributed by atoms with E-state index < -0.39 is 18.4 Å². The molecule has 0 aliphatic carbocycles. The minimum absolute atomic E-state index is 0.646. The van der Waals surface area contributed by atoms with E-state index in [0.29, 0.717) is 5.92 Å². The SMILES string of the molecule is CCC[CH2][Sn]([CH2]CCC)([CH2]CCC)[c]1nnn(CC2CCOCC2)c1-c1ccccc1C. The molecule has 0 radical (unpaired) electrons. The van der Waals surface area contributed by atoms with Crippen molar-refractivity contribution in [2.45, 2.75) is 98.9 Å². The minimum atomic E-state index is -2.71. The van der Waals surface area contributed by atoms with Gasteiger partial charge in [-0.1, -0.05) is 0 Å². The molecule has 1 aliphatic rings. The molecule has 178 valence electrons. The Balaban J connectivity index is 2.10. The molecule has 3 rings (SSSR count). The molecule has 1 aliphatic heterocycles. The maximum absolute atomic E-state index is 5.63. The van der Waals surface area contributed by atoms with Crippen molar-refractivity contribution >= 4 is 22.1 Å². The van der Waals surface area contributed by atoms with Gasteiger partial charge in [0.1, 0.15) is 0 Å². The first-order valence-corrected chi connectivity index (χ1v) is 20.7. The fraction of sp³-hybridized carbons (Fsp3) is 0.704. The summed E-state index contributed by atoms with van der Waals surface area (Å²) in [6, 6.07) is 8.92. The van der Waals surface area contributed by atoms with Gasteiger partial charge >= 0.3 is 201 Å². The van der Waals surface area contributed by atoms with Crippen LogP contribution in [0.2, 0.25) is 13.3 Å². The van der Waals surface area contributed by atoms with Crippen LogP contribution in [0.1, 0.15) is 77.7 Å². The van der Waals surface area contributed by atoms with Gasteiger partial charge in [-0.3, -0.25) is 0 Å². The van der Waals surface area contributed by atoms with E-state index in [0.717, 1.165) is 32.6 Å². The first kappa shape index (κ1) is 25.7. The van der Waals surface area contributed by atoms with Crippen molar-refractivity contribution in [1.82, 2.24) is 15.0 Å². The Morgan fingerprint density at radius 2 is 1.53 bits per heavy atom. The zero-order valence-electron chi connectivity index (χ0n) is 21.0. The zero-order valence-corrected chi connectivity index (χ0v) is 23.9. The maximum atomic E-state index is 5.63. The molecule has 1 saturated heterocycles. The predicted molar refractivity (Wildman–Crippen MR) is 138 cm³/mol. The molecule has 2 heterocycles. The van der Waals surface area contributed by atoms with Crippen molar-refractivity contribution in [2.75, 3.05) is 13.2 Å². The van der Waals surface area contributed by atoms with Crippen LogP contribution in [0, 0.1) is 12.8 Å². The van der Waals surface area contributed by atoms with Crippen LogP contribution in [0.15, 0.2) is 24.3 Å². The molecule has 32 heavy (non-hydrogen) atoms. The van der Waals surface area contributed by atoms with Crippen LogP contribution >= 0.6 is 0 Å². The van der Waals surface area contributed by atoms with E-state index in [4.69, 9.17) is 15.0 Å². The van der Waals surface area contributed by atoms with Crippen molar-refractivity contribution in [2.24, 2.45) is 5.92 Å². The zero-order chi connectivity index (χ0) is 22.8. The predicted octanol–water partition coefficient (Wildman–Crippen LogP) is 6.74. The Hall–Kier alpha value is -0.881. The second-order valence-electron chi connectivity index (χ2n) is 9.93. The number of hydrogen-bond donors (Lipinski definition) is 0. The Kier molecular flexibility index (Phi) is 10.6. The molecule has 1 fully saturated rings. The van der Waals surface area contributed by atoms with Crippen LogP contribution in [0.5, 0.6) is 0 Å². The molecule has 1 aromatic carbocycles. The molecule has 0 amide bonds. The molecule has 0 atom stereocenters. The number of aromatic nitrogens is 3. The van der Waals surface area contributed by atoms with E-state index in [-0.39, 0.29) is 0 Å². The third-order valence-corrected chi connectivity index (χ3v) is 22.5. The normalized spacial score (nSPS) is 15.4. The summed E-state index contributed by atoms with van der Waals surface area (Å²) in [7, 11) is 0. The molecule has 4 nitrogen and oxygen atoms in total. The Morgan fingerprint density at radius 3 is 2.09 bits per heavy atom. The summed E-state index contributed by atoms with van der Waals surface area (Å²) in [6.45, 7) is 12.1. The van der Waals surface area contributed by atoms with E-state index in [9.17, 15) is 0 Å². The van der Waals surface area contributed by atoms with Gasteiger partial charge in [0.05, 0.1) is 0 Å². The van der Waals surface area contributed by atoms with Crippen LogP contribution in [0.4, 0.5) is 0 Å². The van der Waals surface area contributed by atoms with Gasteiger partial charge in [0, 0.05) is 0 Å². The summed E-state index contributed by atoms with van der Waals surface area (Å²) >= 11 is -2.71. The van der Waals surface area contributed by atoms with Gasteiger partial charge in [-0.25, -0.2) is 0 Å². The molecule has 0 spiro atoms. The Labute approximate surface area is 200 Å². The number of benzene rings is 1. The van der Waals surface area contributed by atoms with Gasteiger partial charge < -0.3 is 0 Å². The molecular weight excluding hydrogens is 501 g/mol. The number of nitrogens with zero attached hydrogens (tertiary/aromatic N) is 3. The quantitative estimate of drug-likeness (QED) is 0.262.